The van der Waals surface area contributed by atoms with E-state index in [9.17, 15) is 0 Å². The van der Waals surface area contributed by atoms with Gasteiger partial charge in [0.1, 0.15) is 5.82 Å². The van der Waals surface area contributed by atoms with E-state index in [1.165, 1.54) is 17.3 Å². The Labute approximate surface area is 128 Å². The molecule has 0 saturated heterocycles. The van der Waals surface area contributed by atoms with Crippen LogP contribution >= 0.6 is 23.4 Å². The lowest BCUT2D eigenvalue weighted by Crippen LogP contribution is -2.19. The van der Waals surface area contributed by atoms with Gasteiger partial charge in [-0.1, -0.05) is 24.6 Å². The third-order valence-corrected chi connectivity index (χ3v) is 4.30. The fourth-order valence-electron chi connectivity index (χ4n) is 1.81. The van der Waals surface area contributed by atoms with Crippen LogP contribution < -0.4 is 5.32 Å². The summed E-state index contributed by atoms with van der Waals surface area (Å²) in [6, 6.07) is 6.44. The molecule has 0 aliphatic rings. The van der Waals surface area contributed by atoms with Crippen molar-refractivity contribution in [3.8, 4) is 0 Å². The highest BCUT2D eigenvalue weighted by Crippen LogP contribution is 2.33. The molecule has 2 aromatic rings. The average molecular weight is 311 g/mol. The smallest absolute Gasteiger partial charge is 0.213 e. The SMILES string of the molecule is CCCNC(C)c1ccc(Sc2n[nH]c(C)n2)c(Cl)c1. The van der Waals surface area contributed by atoms with Crippen LogP contribution in [-0.4, -0.2) is 21.7 Å². The van der Waals surface area contributed by atoms with Crippen molar-refractivity contribution < 1.29 is 0 Å². The van der Waals surface area contributed by atoms with Gasteiger partial charge in [-0.25, -0.2) is 4.98 Å². The molecule has 1 atom stereocenters. The van der Waals surface area contributed by atoms with Gasteiger partial charge in [0.05, 0.1) is 5.02 Å². The van der Waals surface area contributed by atoms with E-state index in [-0.39, 0.29) is 0 Å². The van der Waals surface area contributed by atoms with Crippen LogP contribution in [0.25, 0.3) is 0 Å². The van der Waals surface area contributed by atoms with Gasteiger partial charge in [0.15, 0.2) is 0 Å². The van der Waals surface area contributed by atoms with Crippen molar-refractivity contribution in [1.82, 2.24) is 20.5 Å². The zero-order valence-electron chi connectivity index (χ0n) is 11.9. The van der Waals surface area contributed by atoms with Crippen LogP contribution in [-0.2, 0) is 0 Å². The highest BCUT2D eigenvalue weighted by Gasteiger charge is 2.10. The van der Waals surface area contributed by atoms with Gasteiger partial charge in [-0.05, 0) is 56.3 Å². The Hall–Kier alpha value is -1.04. The predicted octanol–water partition coefficient (Wildman–Crippen LogP) is 3.98. The second-order valence-corrected chi connectivity index (χ2v) is 6.09. The third-order valence-electron chi connectivity index (χ3n) is 2.93. The number of rotatable bonds is 6. The molecule has 0 aliphatic carbocycles. The number of aromatic nitrogens is 3. The Balaban J connectivity index is 2.09. The number of aromatic amines is 1. The van der Waals surface area contributed by atoms with Crippen molar-refractivity contribution in [1.29, 1.82) is 0 Å². The molecule has 0 spiro atoms. The second-order valence-electron chi connectivity index (χ2n) is 4.67. The van der Waals surface area contributed by atoms with Gasteiger partial charge in [-0.15, -0.1) is 5.10 Å². The average Bonchev–Trinajstić information content (AvgIpc) is 2.83. The number of hydrogen-bond donors (Lipinski definition) is 2. The molecule has 0 aliphatic heterocycles. The van der Waals surface area contributed by atoms with Gasteiger partial charge >= 0.3 is 0 Å². The molecular weight excluding hydrogens is 292 g/mol. The summed E-state index contributed by atoms with van der Waals surface area (Å²) in [4.78, 5) is 5.24. The summed E-state index contributed by atoms with van der Waals surface area (Å²) in [6.07, 6.45) is 1.12. The maximum absolute atomic E-state index is 6.35. The zero-order chi connectivity index (χ0) is 14.5. The molecule has 0 fully saturated rings. The lowest BCUT2D eigenvalue weighted by atomic mass is 10.1. The Morgan fingerprint density at radius 1 is 1.45 bits per heavy atom. The monoisotopic (exact) mass is 310 g/mol. The van der Waals surface area contributed by atoms with Crippen molar-refractivity contribution in [3.05, 3.63) is 34.6 Å². The van der Waals surface area contributed by atoms with Crippen LogP contribution in [0.3, 0.4) is 0 Å². The fourth-order valence-corrected chi connectivity index (χ4v) is 2.88. The summed E-state index contributed by atoms with van der Waals surface area (Å²) in [5.74, 6) is 0.803. The number of aryl methyl sites for hydroxylation is 1. The summed E-state index contributed by atoms with van der Waals surface area (Å²) in [7, 11) is 0. The van der Waals surface area contributed by atoms with Crippen LogP contribution in [0.1, 0.15) is 37.7 Å². The summed E-state index contributed by atoms with van der Waals surface area (Å²) in [6.45, 7) is 7.19. The van der Waals surface area contributed by atoms with E-state index in [4.69, 9.17) is 11.6 Å². The van der Waals surface area contributed by atoms with Crippen LogP contribution in [0.4, 0.5) is 0 Å². The molecule has 6 heteroatoms. The van der Waals surface area contributed by atoms with Gasteiger partial charge in [-0.2, -0.15) is 0 Å². The van der Waals surface area contributed by atoms with Crippen molar-refractivity contribution in [2.45, 2.75) is 43.3 Å². The molecule has 0 radical (unpaired) electrons. The fraction of sp³-hybridized carbons (Fsp3) is 0.429. The number of halogens is 1. The zero-order valence-corrected chi connectivity index (χ0v) is 13.5. The largest absolute Gasteiger partial charge is 0.310 e. The van der Waals surface area contributed by atoms with Gasteiger partial charge in [0.2, 0.25) is 5.16 Å². The number of nitrogens with zero attached hydrogens (tertiary/aromatic N) is 2. The first kappa shape index (κ1) is 15.4. The molecule has 0 saturated carbocycles. The highest BCUT2D eigenvalue weighted by atomic mass is 35.5. The molecule has 0 bridgehead atoms. The van der Waals surface area contributed by atoms with E-state index in [1.54, 1.807) is 0 Å². The Bertz CT molecular complexity index is 570. The number of nitrogens with one attached hydrogen (secondary N) is 2. The lowest BCUT2D eigenvalue weighted by Gasteiger charge is -2.14. The van der Waals surface area contributed by atoms with E-state index in [1.807, 2.05) is 19.1 Å². The Morgan fingerprint density at radius 2 is 2.25 bits per heavy atom. The van der Waals surface area contributed by atoms with Crippen molar-refractivity contribution in [2.75, 3.05) is 6.54 Å². The summed E-state index contributed by atoms with van der Waals surface area (Å²) in [5.41, 5.74) is 1.19. The van der Waals surface area contributed by atoms with Crippen molar-refractivity contribution in [2.24, 2.45) is 0 Å². The molecule has 1 aromatic carbocycles. The number of hydrogen-bond acceptors (Lipinski definition) is 4. The summed E-state index contributed by atoms with van der Waals surface area (Å²) in [5, 5.41) is 11.8. The Morgan fingerprint density at radius 3 is 2.85 bits per heavy atom. The minimum Gasteiger partial charge on any atom is -0.310 e. The molecule has 2 rings (SSSR count). The van der Waals surface area contributed by atoms with Gasteiger partial charge in [0.25, 0.3) is 0 Å². The molecule has 4 nitrogen and oxygen atoms in total. The summed E-state index contributed by atoms with van der Waals surface area (Å²) < 4.78 is 0. The minimum absolute atomic E-state index is 0.303. The maximum Gasteiger partial charge on any atom is 0.213 e. The molecule has 0 amide bonds. The summed E-state index contributed by atoms with van der Waals surface area (Å²) >= 11 is 7.82. The Kier molecular flexibility index (Phi) is 5.46. The second kappa shape index (κ2) is 7.11. The van der Waals surface area contributed by atoms with E-state index in [0.29, 0.717) is 11.2 Å². The molecule has 1 unspecified atom stereocenters. The van der Waals surface area contributed by atoms with Crippen molar-refractivity contribution in [3.63, 3.8) is 0 Å². The lowest BCUT2D eigenvalue weighted by molar-refractivity contribution is 0.570. The van der Waals surface area contributed by atoms with Crippen LogP contribution in [0, 0.1) is 6.92 Å². The van der Waals surface area contributed by atoms with Crippen LogP contribution in [0.2, 0.25) is 5.02 Å². The van der Waals surface area contributed by atoms with E-state index < -0.39 is 0 Å². The van der Waals surface area contributed by atoms with Crippen LogP contribution in [0.5, 0.6) is 0 Å². The first-order chi connectivity index (χ1) is 9.60. The predicted molar refractivity (Wildman–Crippen MR) is 83.4 cm³/mol. The van der Waals surface area contributed by atoms with E-state index >= 15 is 0 Å². The molecule has 1 aromatic heterocycles. The van der Waals surface area contributed by atoms with Gasteiger partial charge in [0, 0.05) is 10.9 Å². The van der Waals surface area contributed by atoms with E-state index in [2.05, 4.69) is 40.4 Å². The maximum atomic E-state index is 6.35. The number of H-pyrrole nitrogens is 1. The van der Waals surface area contributed by atoms with Crippen LogP contribution in [0.15, 0.2) is 28.3 Å². The highest BCUT2D eigenvalue weighted by molar-refractivity contribution is 7.99. The first-order valence-corrected chi connectivity index (χ1v) is 7.89. The molecule has 2 N–H and O–H groups in total. The minimum atomic E-state index is 0.303. The topological polar surface area (TPSA) is 53.6 Å². The molecule has 20 heavy (non-hydrogen) atoms. The first-order valence-electron chi connectivity index (χ1n) is 6.70. The quantitative estimate of drug-likeness (QED) is 0.847. The standard InChI is InChI=1S/C14H19ClN4S/c1-4-7-16-9(2)11-5-6-13(12(15)8-11)20-14-17-10(3)18-19-14/h5-6,8-9,16H,4,7H2,1-3H3,(H,17,18,19). The molecule has 1 heterocycles. The normalized spacial score (nSPS) is 12.6. The third kappa shape index (κ3) is 3.98. The van der Waals surface area contributed by atoms with E-state index in [0.717, 1.165) is 28.7 Å². The number of benzene rings is 1. The molecule has 108 valence electrons. The van der Waals surface area contributed by atoms with Gasteiger partial charge < -0.3 is 5.32 Å². The van der Waals surface area contributed by atoms with Crippen molar-refractivity contribution >= 4 is 23.4 Å². The molecular formula is C14H19ClN4S. The van der Waals surface area contributed by atoms with Gasteiger partial charge in [-0.3, -0.25) is 5.10 Å².